The molecule has 0 aliphatic carbocycles. The average molecular weight is 389 g/mol. The minimum Gasteiger partial charge on any atom is -0.496 e. The van der Waals surface area contributed by atoms with Crippen molar-refractivity contribution in [1.82, 2.24) is 0 Å². The van der Waals surface area contributed by atoms with Gasteiger partial charge in [0.2, 0.25) is 0 Å². The molecule has 0 aromatic heterocycles. The highest BCUT2D eigenvalue weighted by Crippen LogP contribution is 2.28. The molecule has 3 aromatic carbocycles. The van der Waals surface area contributed by atoms with E-state index >= 15 is 0 Å². The van der Waals surface area contributed by atoms with Gasteiger partial charge in [0, 0.05) is 11.3 Å². The van der Waals surface area contributed by atoms with Crippen LogP contribution < -0.4 is 10.1 Å². The normalized spacial score (nSPS) is 11.4. The minimum atomic E-state index is -0.975. The second-order valence-electron chi connectivity index (χ2n) is 6.65. The first kappa shape index (κ1) is 20.1. The Morgan fingerprint density at radius 1 is 0.931 bits per heavy atom. The first-order valence-corrected chi connectivity index (χ1v) is 9.30. The van der Waals surface area contributed by atoms with Gasteiger partial charge in [-0.05, 0) is 37.6 Å². The molecule has 0 spiro atoms. The van der Waals surface area contributed by atoms with Crippen LogP contribution in [0.3, 0.4) is 0 Å². The molecule has 3 rings (SSSR count). The molecule has 3 aromatic rings. The Morgan fingerprint density at radius 2 is 1.62 bits per heavy atom. The number of benzene rings is 3. The fourth-order valence-corrected chi connectivity index (χ4v) is 2.95. The van der Waals surface area contributed by atoms with Gasteiger partial charge in [-0.3, -0.25) is 4.79 Å². The van der Waals surface area contributed by atoms with Gasteiger partial charge in [-0.25, -0.2) is 4.79 Å². The summed E-state index contributed by atoms with van der Waals surface area (Å²) in [5.74, 6) is -0.611. The minimum absolute atomic E-state index is 0.289. The van der Waals surface area contributed by atoms with E-state index < -0.39 is 18.0 Å². The zero-order valence-electron chi connectivity index (χ0n) is 16.6. The maximum Gasteiger partial charge on any atom is 0.342 e. The highest BCUT2D eigenvalue weighted by molar-refractivity contribution is 6.00. The van der Waals surface area contributed by atoms with E-state index in [9.17, 15) is 9.59 Å². The third kappa shape index (κ3) is 4.82. The molecule has 0 saturated carbocycles. The highest BCUT2D eigenvalue weighted by atomic mass is 16.5. The van der Waals surface area contributed by atoms with Gasteiger partial charge in [-0.2, -0.15) is 0 Å². The molecule has 5 heteroatoms. The van der Waals surface area contributed by atoms with Crippen LogP contribution in [0.5, 0.6) is 5.75 Å². The van der Waals surface area contributed by atoms with Crippen LogP contribution in [-0.2, 0) is 9.53 Å². The molecule has 0 heterocycles. The Hall–Kier alpha value is -3.60. The van der Waals surface area contributed by atoms with E-state index in [0.717, 1.165) is 16.7 Å². The summed E-state index contributed by atoms with van der Waals surface area (Å²) in [4.78, 5) is 25.2. The number of para-hydroxylation sites is 1. The standard InChI is InChI=1S/C24H23NO4/c1-16-13-14-22(28-3)20(15-16)24(27)29-17(2)23(26)25-21-12-8-7-11-19(21)18-9-5-4-6-10-18/h4-15,17H,1-3H3,(H,25,26)/t17-/m1/s1. The van der Waals surface area contributed by atoms with Crippen molar-refractivity contribution in [2.45, 2.75) is 20.0 Å². The van der Waals surface area contributed by atoms with Crippen LogP contribution in [0.4, 0.5) is 5.69 Å². The van der Waals surface area contributed by atoms with Crippen LogP contribution in [0, 0.1) is 6.92 Å². The largest absolute Gasteiger partial charge is 0.496 e. The number of anilines is 1. The van der Waals surface area contributed by atoms with Gasteiger partial charge in [0.25, 0.3) is 5.91 Å². The van der Waals surface area contributed by atoms with Crippen molar-refractivity contribution < 1.29 is 19.1 Å². The number of esters is 1. The number of aryl methyl sites for hydroxylation is 1. The van der Waals surface area contributed by atoms with Gasteiger partial charge in [0.05, 0.1) is 7.11 Å². The Bertz CT molecular complexity index is 1010. The molecule has 0 saturated heterocycles. The van der Waals surface area contributed by atoms with Crippen LogP contribution in [0.1, 0.15) is 22.8 Å². The number of nitrogens with one attached hydrogen (secondary N) is 1. The molecule has 1 N–H and O–H groups in total. The van der Waals surface area contributed by atoms with Gasteiger partial charge >= 0.3 is 5.97 Å². The number of carbonyl (C=O) groups excluding carboxylic acids is 2. The molecule has 0 radical (unpaired) electrons. The highest BCUT2D eigenvalue weighted by Gasteiger charge is 2.22. The number of rotatable bonds is 6. The van der Waals surface area contributed by atoms with E-state index in [1.165, 1.54) is 7.11 Å². The second-order valence-corrected chi connectivity index (χ2v) is 6.65. The molecular formula is C24H23NO4. The molecule has 0 bridgehead atoms. The van der Waals surface area contributed by atoms with E-state index in [4.69, 9.17) is 9.47 Å². The number of ether oxygens (including phenoxy) is 2. The van der Waals surface area contributed by atoms with Crippen molar-refractivity contribution in [1.29, 1.82) is 0 Å². The fraction of sp³-hybridized carbons (Fsp3) is 0.167. The Kier molecular flexibility index (Phi) is 6.29. The van der Waals surface area contributed by atoms with Crippen molar-refractivity contribution >= 4 is 17.6 Å². The van der Waals surface area contributed by atoms with E-state index in [0.29, 0.717) is 11.4 Å². The van der Waals surface area contributed by atoms with Crippen LogP contribution in [0.25, 0.3) is 11.1 Å². The molecule has 5 nitrogen and oxygen atoms in total. The van der Waals surface area contributed by atoms with Crippen LogP contribution in [0.2, 0.25) is 0 Å². The van der Waals surface area contributed by atoms with Crippen LogP contribution in [-0.4, -0.2) is 25.1 Å². The fourth-order valence-electron chi connectivity index (χ4n) is 2.95. The molecule has 1 amide bonds. The Labute approximate surface area is 170 Å². The van der Waals surface area contributed by atoms with Gasteiger partial charge in [0.15, 0.2) is 6.10 Å². The second kappa shape index (κ2) is 9.06. The van der Waals surface area contributed by atoms with Crippen molar-refractivity contribution in [3.8, 4) is 16.9 Å². The van der Waals surface area contributed by atoms with Gasteiger partial charge < -0.3 is 14.8 Å². The summed E-state index contributed by atoms with van der Waals surface area (Å²) in [5.41, 5.74) is 3.71. The summed E-state index contributed by atoms with van der Waals surface area (Å²) in [6.45, 7) is 3.41. The topological polar surface area (TPSA) is 64.6 Å². The van der Waals surface area contributed by atoms with E-state index in [1.807, 2.05) is 67.6 Å². The number of methoxy groups -OCH3 is 1. The summed E-state index contributed by atoms with van der Waals surface area (Å²) >= 11 is 0. The first-order valence-electron chi connectivity index (χ1n) is 9.30. The van der Waals surface area contributed by atoms with Gasteiger partial charge in [0.1, 0.15) is 11.3 Å². The maximum absolute atomic E-state index is 12.7. The first-order chi connectivity index (χ1) is 14.0. The molecular weight excluding hydrogens is 366 g/mol. The summed E-state index contributed by atoms with van der Waals surface area (Å²) in [6.07, 6.45) is -0.975. The van der Waals surface area contributed by atoms with Gasteiger partial charge in [-0.15, -0.1) is 0 Å². The number of amides is 1. The van der Waals surface area contributed by atoms with Gasteiger partial charge in [-0.1, -0.05) is 60.2 Å². The van der Waals surface area contributed by atoms with Crippen molar-refractivity contribution in [3.63, 3.8) is 0 Å². The molecule has 0 unspecified atom stereocenters. The monoisotopic (exact) mass is 389 g/mol. The van der Waals surface area contributed by atoms with Crippen molar-refractivity contribution in [2.24, 2.45) is 0 Å². The summed E-state index contributed by atoms with van der Waals surface area (Å²) in [6, 6.07) is 22.5. The molecule has 0 fully saturated rings. The Morgan fingerprint density at radius 3 is 2.34 bits per heavy atom. The maximum atomic E-state index is 12.7. The summed E-state index contributed by atoms with van der Waals surface area (Å²) in [5, 5.41) is 2.86. The molecule has 1 atom stereocenters. The lowest BCUT2D eigenvalue weighted by Gasteiger charge is -2.17. The summed E-state index contributed by atoms with van der Waals surface area (Å²) < 4.78 is 10.6. The van der Waals surface area contributed by atoms with E-state index in [1.54, 1.807) is 19.1 Å². The quantitative estimate of drug-likeness (QED) is 0.612. The summed E-state index contributed by atoms with van der Waals surface area (Å²) in [7, 11) is 1.48. The zero-order valence-corrected chi connectivity index (χ0v) is 16.6. The lowest BCUT2D eigenvalue weighted by molar-refractivity contribution is -0.123. The smallest absolute Gasteiger partial charge is 0.342 e. The molecule has 148 valence electrons. The Balaban J connectivity index is 1.74. The van der Waals surface area contributed by atoms with E-state index in [-0.39, 0.29) is 5.56 Å². The third-order valence-electron chi connectivity index (χ3n) is 4.50. The molecule has 29 heavy (non-hydrogen) atoms. The lowest BCUT2D eigenvalue weighted by atomic mass is 10.0. The van der Waals surface area contributed by atoms with Crippen LogP contribution in [0.15, 0.2) is 72.8 Å². The predicted octanol–water partition coefficient (Wildman–Crippen LogP) is 4.85. The molecule has 0 aliphatic rings. The molecule has 0 aliphatic heterocycles. The average Bonchev–Trinajstić information content (AvgIpc) is 2.74. The van der Waals surface area contributed by atoms with Crippen LogP contribution >= 0.6 is 0 Å². The lowest BCUT2D eigenvalue weighted by Crippen LogP contribution is -2.30. The SMILES string of the molecule is COc1ccc(C)cc1C(=O)O[C@H](C)C(=O)Nc1ccccc1-c1ccccc1. The zero-order chi connectivity index (χ0) is 20.8. The predicted molar refractivity (Wildman–Crippen MR) is 113 cm³/mol. The van der Waals surface area contributed by atoms with Crippen molar-refractivity contribution in [3.05, 3.63) is 83.9 Å². The third-order valence-corrected chi connectivity index (χ3v) is 4.50. The number of hydrogen-bond donors (Lipinski definition) is 1. The van der Waals surface area contributed by atoms with Crippen molar-refractivity contribution in [2.75, 3.05) is 12.4 Å². The van der Waals surface area contributed by atoms with E-state index in [2.05, 4.69) is 5.32 Å². The number of carbonyl (C=O) groups is 2. The number of hydrogen-bond acceptors (Lipinski definition) is 4.